The van der Waals surface area contributed by atoms with Crippen LogP contribution in [0, 0.1) is 11.3 Å². The zero-order chi connectivity index (χ0) is 8.55. The fourth-order valence-electron chi connectivity index (χ4n) is 1.09. The fraction of sp³-hybridized carbons (Fsp3) is 0. The number of nitrogens with zero attached hydrogens (tertiary/aromatic N) is 2. The molecule has 0 aromatic carbocycles. The Morgan fingerprint density at radius 2 is 2.42 bits per heavy atom. The molecular formula is C8H6N4. The highest BCUT2D eigenvalue weighted by molar-refractivity contribution is 5.87. The van der Waals surface area contributed by atoms with E-state index < -0.39 is 0 Å². The summed E-state index contributed by atoms with van der Waals surface area (Å²) in [4.78, 5) is 6.96. The zero-order valence-corrected chi connectivity index (χ0v) is 6.20. The molecule has 4 heteroatoms. The van der Waals surface area contributed by atoms with Crippen LogP contribution >= 0.6 is 0 Å². The summed E-state index contributed by atoms with van der Waals surface area (Å²) in [5.41, 5.74) is 8.24. The lowest BCUT2D eigenvalue weighted by molar-refractivity contribution is 1.37. The van der Waals surface area contributed by atoms with Crippen molar-refractivity contribution in [3.8, 4) is 6.07 Å². The van der Waals surface area contributed by atoms with Gasteiger partial charge in [-0.25, -0.2) is 0 Å². The highest BCUT2D eigenvalue weighted by Gasteiger charge is 2.01. The first-order valence-corrected chi connectivity index (χ1v) is 3.44. The summed E-state index contributed by atoms with van der Waals surface area (Å²) in [5, 5.41) is 8.57. The van der Waals surface area contributed by atoms with Crippen LogP contribution in [0.25, 0.3) is 11.0 Å². The van der Waals surface area contributed by atoms with Gasteiger partial charge in [0, 0.05) is 12.4 Å². The highest BCUT2D eigenvalue weighted by Crippen LogP contribution is 2.17. The van der Waals surface area contributed by atoms with Crippen LogP contribution in [-0.2, 0) is 0 Å². The molecule has 2 rings (SSSR count). The maximum absolute atomic E-state index is 8.57. The molecule has 2 aromatic heterocycles. The van der Waals surface area contributed by atoms with Crippen molar-refractivity contribution in [1.29, 1.82) is 5.26 Å². The standard InChI is InChI=1S/C8H6N4/c9-2-5-1-7-8(12-3-5)6(10)4-11-7/h1,3-4,11H,10H2. The molecule has 0 bridgehead atoms. The van der Waals surface area contributed by atoms with Gasteiger partial charge in [0.1, 0.15) is 11.6 Å². The number of nitrogen functional groups attached to an aromatic ring is 1. The Bertz CT molecular complexity index is 463. The normalized spacial score (nSPS) is 9.92. The molecule has 4 nitrogen and oxygen atoms in total. The Morgan fingerprint density at radius 3 is 3.17 bits per heavy atom. The topological polar surface area (TPSA) is 78.5 Å². The number of nitriles is 1. The molecule has 0 unspecified atom stereocenters. The number of H-pyrrole nitrogens is 1. The lowest BCUT2D eigenvalue weighted by Gasteiger charge is -1.90. The molecule has 0 spiro atoms. The van der Waals surface area contributed by atoms with E-state index in [0.29, 0.717) is 16.8 Å². The largest absolute Gasteiger partial charge is 0.396 e. The Morgan fingerprint density at radius 1 is 1.58 bits per heavy atom. The fourth-order valence-corrected chi connectivity index (χ4v) is 1.09. The van der Waals surface area contributed by atoms with Crippen molar-refractivity contribution in [2.75, 3.05) is 5.73 Å². The van der Waals surface area contributed by atoms with Crippen LogP contribution in [0.15, 0.2) is 18.5 Å². The summed E-state index contributed by atoms with van der Waals surface area (Å²) >= 11 is 0. The molecule has 0 saturated heterocycles. The maximum atomic E-state index is 8.57. The Kier molecular flexibility index (Phi) is 1.25. The van der Waals surface area contributed by atoms with Crippen LogP contribution in [0.3, 0.4) is 0 Å². The first-order valence-electron chi connectivity index (χ1n) is 3.44. The van der Waals surface area contributed by atoms with E-state index in [9.17, 15) is 0 Å². The van der Waals surface area contributed by atoms with E-state index in [4.69, 9.17) is 11.0 Å². The Balaban J connectivity index is 2.80. The second kappa shape index (κ2) is 2.24. The molecule has 0 saturated carbocycles. The number of nitrogens with two attached hydrogens (primary N) is 1. The monoisotopic (exact) mass is 158 g/mol. The molecular weight excluding hydrogens is 152 g/mol. The van der Waals surface area contributed by atoms with Gasteiger partial charge in [-0.2, -0.15) is 5.26 Å². The number of hydrogen-bond acceptors (Lipinski definition) is 3. The third-order valence-electron chi connectivity index (χ3n) is 1.67. The summed E-state index contributed by atoms with van der Waals surface area (Å²) in [6, 6.07) is 3.73. The number of aromatic amines is 1. The van der Waals surface area contributed by atoms with Crippen molar-refractivity contribution in [3.05, 3.63) is 24.0 Å². The van der Waals surface area contributed by atoms with Crippen molar-refractivity contribution in [2.24, 2.45) is 0 Å². The van der Waals surface area contributed by atoms with E-state index in [1.165, 1.54) is 6.20 Å². The van der Waals surface area contributed by atoms with Gasteiger partial charge in [-0.3, -0.25) is 4.98 Å². The molecule has 0 aliphatic carbocycles. The minimum atomic E-state index is 0.532. The van der Waals surface area contributed by atoms with Crippen molar-refractivity contribution >= 4 is 16.7 Å². The third-order valence-corrected chi connectivity index (χ3v) is 1.67. The van der Waals surface area contributed by atoms with E-state index in [1.807, 2.05) is 6.07 Å². The number of hydrogen-bond donors (Lipinski definition) is 2. The Labute approximate surface area is 68.6 Å². The van der Waals surface area contributed by atoms with Crippen LogP contribution in [0.4, 0.5) is 5.69 Å². The van der Waals surface area contributed by atoms with Crippen LogP contribution in [0.5, 0.6) is 0 Å². The van der Waals surface area contributed by atoms with Gasteiger partial charge in [0.05, 0.1) is 16.8 Å². The molecule has 0 fully saturated rings. The molecule has 2 aromatic rings. The number of fused-ring (bicyclic) bond motifs is 1. The number of pyridine rings is 1. The summed E-state index contributed by atoms with van der Waals surface area (Å²) in [7, 11) is 0. The third kappa shape index (κ3) is 0.805. The van der Waals surface area contributed by atoms with Gasteiger partial charge in [-0.05, 0) is 6.07 Å². The minimum absolute atomic E-state index is 0.532. The average molecular weight is 158 g/mol. The van der Waals surface area contributed by atoms with Gasteiger partial charge in [0.15, 0.2) is 0 Å². The minimum Gasteiger partial charge on any atom is -0.396 e. The van der Waals surface area contributed by atoms with Crippen molar-refractivity contribution in [2.45, 2.75) is 0 Å². The van der Waals surface area contributed by atoms with Crippen molar-refractivity contribution in [3.63, 3.8) is 0 Å². The Hall–Kier alpha value is -2.02. The number of aromatic nitrogens is 2. The molecule has 3 N–H and O–H groups in total. The molecule has 0 aliphatic heterocycles. The average Bonchev–Trinajstić information content (AvgIpc) is 2.47. The van der Waals surface area contributed by atoms with Gasteiger partial charge in [0.25, 0.3) is 0 Å². The SMILES string of the molecule is N#Cc1cnc2c(N)c[nH]c2c1. The molecule has 58 valence electrons. The van der Waals surface area contributed by atoms with Gasteiger partial charge in [-0.15, -0.1) is 0 Å². The second-order valence-corrected chi connectivity index (χ2v) is 2.48. The molecule has 0 aliphatic rings. The number of anilines is 1. The lowest BCUT2D eigenvalue weighted by Crippen LogP contribution is -1.84. The molecule has 0 atom stereocenters. The van der Waals surface area contributed by atoms with Crippen molar-refractivity contribution < 1.29 is 0 Å². The highest BCUT2D eigenvalue weighted by atomic mass is 14.8. The van der Waals surface area contributed by atoms with Gasteiger partial charge < -0.3 is 10.7 Å². The van der Waals surface area contributed by atoms with Gasteiger partial charge in [0.2, 0.25) is 0 Å². The van der Waals surface area contributed by atoms with Crippen molar-refractivity contribution in [1.82, 2.24) is 9.97 Å². The molecule has 12 heavy (non-hydrogen) atoms. The predicted molar refractivity (Wildman–Crippen MR) is 45.2 cm³/mol. The van der Waals surface area contributed by atoms with E-state index in [-0.39, 0.29) is 0 Å². The predicted octanol–water partition coefficient (Wildman–Crippen LogP) is 1.02. The second-order valence-electron chi connectivity index (χ2n) is 2.48. The van der Waals surface area contributed by atoms with E-state index in [2.05, 4.69) is 9.97 Å². The molecule has 2 heterocycles. The quantitative estimate of drug-likeness (QED) is 0.600. The summed E-state index contributed by atoms with van der Waals surface area (Å²) < 4.78 is 0. The van der Waals surface area contributed by atoms with Crippen LogP contribution in [0.1, 0.15) is 5.56 Å². The van der Waals surface area contributed by atoms with Crippen LogP contribution in [0.2, 0.25) is 0 Å². The van der Waals surface area contributed by atoms with Gasteiger partial charge in [-0.1, -0.05) is 0 Å². The smallest absolute Gasteiger partial charge is 0.111 e. The first kappa shape index (κ1) is 6.68. The van der Waals surface area contributed by atoms with Gasteiger partial charge >= 0.3 is 0 Å². The van der Waals surface area contributed by atoms with E-state index >= 15 is 0 Å². The van der Waals surface area contributed by atoms with Crippen LogP contribution in [-0.4, -0.2) is 9.97 Å². The molecule has 0 amide bonds. The maximum Gasteiger partial charge on any atom is 0.111 e. The van der Waals surface area contributed by atoms with E-state index in [1.54, 1.807) is 12.3 Å². The summed E-state index contributed by atoms with van der Waals surface area (Å²) in [6.45, 7) is 0. The molecule has 0 radical (unpaired) electrons. The number of rotatable bonds is 0. The first-order chi connectivity index (χ1) is 5.81. The summed E-state index contributed by atoms with van der Waals surface area (Å²) in [6.07, 6.45) is 3.17. The van der Waals surface area contributed by atoms with E-state index in [0.717, 1.165) is 5.52 Å². The summed E-state index contributed by atoms with van der Waals surface area (Å²) in [5.74, 6) is 0. The lowest BCUT2D eigenvalue weighted by atomic mass is 10.3. The zero-order valence-electron chi connectivity index (χ0n) is 6.20. The number of nitrogens with one attached hydrogen (secondary N) is 1. The van der Waals surface area contributed by atoms with Crippen LogP contribution < -0.4 is 5.73 Å².